The van der Waals surface area contributed by atoms with Gasteiger partial charge in [0.25, 0.3) is 5.91 Å². The maximum absolute atomic E-state index is 13.2. The van der Waals surface area contributed by atoms with Gasteiger partial charge in [0.2, 0.25) is 0 Å². The van der Waals surface area contributed by atoms with Crippen molar-refractivity contribution >= 4 is 17.5 Å². The molecule has 1 aromatic carbocycles. The van der Waals surface area contributed by atoms with Crippen LogP contribution in [-0.2, 0) is 12.7 Å². The molecule has 29 heavy (non-hydrogen) atoms. The van der Waals surface area contributed by atoms with Crippen LogP contribution < -0.4 is 0 Å². The molecule has 1 aliphatic carbocycles. The van der Waals surface area contributed by atoms with Gasteiger partial charge >= 0.3 is 6.18 Å². The molecular formula is C20H22ClF3N4O. The van der Waals surface area contributed by atoms with E-state index in [9.17, 15) is 18.0 Å². The standard InChI is InChI=1S/C20H22ClF3N4O/c1-12-17-25-26-18(13-6-3-2-4-7-13)28(17)11-10-27(12)19(29)14-8-5-9-15(16(14)21)20(22,23)24/h5,8-9,12-13H,2-4,6-7,10-11H2,1H3. The molecule has 5 nitrogen and oxygen atoms in total. The Balaban J connectivity index is 1.61. The number of fused-ring (bicyclic) bond motifs is 1. The lowest BCUT2D eigenvalue weighted by Crippen LogP contribution is -2.42. The number of hydrogen-bond donors (Lipinski definition) is 0. The van der Waals surface area contributed by atoms with Crippen LogP contribution in [0.4, 0.5) is 13.2 Å². The van der Waals surface area contributed by atoms with E-state index in [2.05, 4.69) is 14.8 Å². The molecule has 4 rings (SSSR count). The Hall–Kier alpha value is -2.09. The Labute approximate surface area is 171 Å². The zero-order chi connectivity index (χ0) is 20.8. The van der Waals surface area contributed by atoms with Gasteiger partial charge in [-0.2, -0.15) is 13.2 Å². The monoisotopic (exact) mass is 426 g/mol. The summed E-state index contributed by atoms with van der Waals surface area (Å²) in [5.74, 6) is 1.50. The van der Waals surface area contributed by atoms with E-state index in [1.807, 2.05) is 6.92 Å². The SMILES string of the molecule is CC1c2nnc(C3CCCCC3)n2CCN1C(=O)c1cccc(C(F)(F)F)c1Cl. The predicted molar refractivity (Wildman–Crippen MR) is 102 cm³/mol. The van der Waals surface area contributed by atoms with Gasteiger partial charge in [0.15, 0.2) is 5.82 Å². The van der Waals surface area contributed by atoms with Crippen molar-refractivity contribution in [2.24, 2.45) is 0 Å². The largest absolute Gasteiger partial charge is 0.417 e. The van der Waals surface area contributed by atoms with E-state index in [-0.39, 0.29) is 5.56 Å². The van der Waals surface area contributed by atoms with Gasteiger partial charge in [-0.1, -0.05) is 36.9 Å². The smallest absolute Gasteiger partial charge is 0.327 e. The molecule has 0 spiro atoms. The summed E-state index contributed by atoms with van der Waals surface area (Å²) in [6.07, 6.45) is 1.18. The number of nitrogens with zero attached hydrogens (tertiary/aromatic N) is 4. The van der Waals surface area contributed by atoms with Crippen molar-refractivity contribution < 1.29 is 18.0 Å². The fraction of sp³-hybridized carbons (Fsp3) is 0.550. The van der Waals surface area contributed by atoms with Crippen LogP contribution in [0.2, 0.25) is 5.02 Å². The maximum atomic E-state index is 13.2. The van der Waals surface area contributed by atoms with Gasteiger partial charge in [-0.15, -0.1) is 10.2 Å². The molecule has 2 aromatic rings. The Kier molecular flexibility index (Phi) is 5.31. The van der Waals surface area contributed by atoms with Gasteiger partial charge in [0, 0.05) is 19.0 Å². The van der Waals surface area contributed by atoms with Crippen LogP contribution in [0, 0.1) is 0 Å². The molecule has 0 N–H and O–H groups in total. The second-order valence-corrected chi connectivity index (χ2v) is 8.12. The van der Waals surface area contributed by atoms with Gasteiger partial charge in [0.1, 0.15) is 5.82 Å². The van der Waals surface area contributed by atoms with Gasteiger partial charge < -0.3 is 9.47 Å². The molecule has 1 saturated carbocycles. The van der Waals surface area contributed by atoms with E-state index in [0.29, 0.717) is 24.8 Å². The first-order valence-corrected chi connectivity index (χ1v) is 10.3. The molecular weight excluding hydrogens is 405 g/mol. The van der Waals surface area contributed by atoms with E-state index in [1.54, 1.807) is 0 Å². The van der Waals surface area contributed by atoms with Crippen molar-refractivity contribution in [2.45, 2.75) is 63.7 Å². The highest BCUT2D eigenvalue weighted by Gasteiger charge is 2.38. The van der Waals surface area contributed by atoms with Crippen molar-refractivity contribution in [3.8, 4) is 0 Å². The Bertz CT molecular complexity index is 921. The molecule has 9 heteroatoms. The van der Waals surface area contributed by atoms with Crippen LogP contribution in [-0.4, -0.2) is 32.1 Å². The van der Waals surface area contributed by atoms with Crippen LogP contribution in [0.3, 0.4) is 0 Å². The summed E-state index contributed by atoms with van der Waals surface area (Å²) in [6, 6.07) is 3.03. The van der Waals surface area contributed by atoms with Crippen molar-refractivity contribution in [1.82, 2.24) is 19.7 Å². The number of carbonyl (C=O) groups is 1. The molecule has 156 valence electrons. The first-order valence-electron chi connectivity index (χ1n) is 9.88. The van der Waals surface area contributed by atoms with Crippen LogP contribution in [0.25, 0.3) is 0 Å². The second kappa shape index (κ2) is 7.63. The average Bonchev–Trinajstić information content (AvgIpc) is 3.13. The summed E-state index contributed by atoms with van der Waals surface area (Å²) in [5.41, 5.74) is -1.15. The molecule has 0 radical (unpaired) electrons. The molecule has 1 atom stereocenters. The highest BCUT2D eigenvalue weighted by Crippen LogP contribution is 2.38. The quantitative estimate of drug-likeness (QED) is 0.662. The number of halogens is 4. The molecule has 0 saturated heterocycles. The lowest BCUT2D eigenvalue weighted by atomic mass is 9.88. The van der Waals surface area contributed by atoms with Gasteiger partial charge in [-0.3, -0.25) is 4.79 Å². The molecule has 2 aliphatic rings. The third-order valence-corrected chi connectivity index (χ3v) is 6.39. The zero-order valence-corrected chi connectivity index (χ0v) is 16.8. The minimum Gasteiger partial charge on any atom is -0.327 e. The summed E-state index contributed by atoms with van der Waals surface area (Å²) >= 11 is 5.96. The number of aromatic nitrogens is 3. The topological polar surface area (TPSA) is 51.0 Å². The lowest BCUT2D eigenvalue weighted by molar-refractivity contribution is -0.137. The van der Waals surface area contributed by atoms with Crippen molar-refractivity contribution in [1.29, 1.82) is 0 Å². The second-order valence-electron chi connectivity index (χ2n) is 7.74. The Morgan fingerprint density at radius 2 is 1.79 bits per heavy atom. The van der Waals surface area contributed by atoms with Crippen LogP contribution >= 0.6 is 11.6 Å². The first kappa shape index (κ1) is 20.2. The predicted octanol–water partition coefficient (Wildman–Crippen LogP) is 5.22. The molecule has 1 aromatic heterocycles. The highest BCUT2D eigenvalue weighted by molar-refractivity contribution is 6.34. The number of benzene rings is 1. The zero-order valence-electron chi connectivity index (χ0n) is 16.0. The lowest BCUT2D eigenvalue weighted by Gasteiger charge is -2.35. The van der Waals surface area contributed by atoms with E-state index < -0.39 is 28.7 Å². The number of rotatable bonds is 2. The molecule has 2 heterocycles. The van der Waals surface area contributed by atoms with Crippen molar-refractivity contribution in [2.75, 3.05) is 6.54 Å². The highest BCUT2D eigenvalue weighted by atomic mass is 35.5. The first-order chi connectivity index (χ1) is 13.8. The average molecular weight is 427 g/mol. The minimum atomic E-state index is -4.62. The third kappa shape index (κ3) is 3.63. The number of alkyl halides is 3. The normalized spacial score (nSPS) is 20.6. The summed E-state index contributed by atoms with van der Waals surface area (Å²) in [4.78, 5) is 14.6. The van der Waals surface area contributed by atoms with Crippen LogP contribution in [0.1, 0.15) is 78.6 Å². The van der Waals surface area contributed by atoms with E-state index in [0.717, 1.165) is 24.7 Å². The Morgan fingerprint density at radius 1 is 1.10 bits per heavy atom. The molecule has 1 aliphatic heterocycles. The van der Waals surface area contributed by atoms with Gasteiger partial charge in [0.05, 0.1) is 22.2 Å². The molecule has 1 unspecified atom stereocenters. The van der Waals surface area contributed by atoms with Gasteiger partial charge in [-0.25, -0.2) is 0 Å². The fourth-order valence-electron chi connectivity index (χ4n) is 4.42. The van der Waals surface area contributed by atoms with E-state index in [4.69, 9.17) is 11.6 Å². The molecule has 1 amide bonds. The summed E-state index contributed by atoms with van der Waals surface area (Å²) < 4.78 is 41.6. The third-order valence-electron chi connectivity index (χ3n) is 5.98. The Morgan fingerprint density at radius 3 is 2.48 bits per heavy atom. The van der Waals surface area contributed by atoms with Crippen molar-refractivity contribution in [3.63, 3.8) is 0 Å². The maximum Gasteiger partial charge on any atom is 0.417 e. The van der Waals surface area contributed by atoms with Crippen molar-refractivity contribution in [3.05, 3.63) is 46.0 Å². The van der Waals surface area contributed by atoms with E-state index >= 15 is 0 Å². The minimum absolute atomic E-state index is 0.145. The number of amides is 1. The summed E-state index contributed by atoms with van der Waals surface area (Å²) in [6.45, 7) is 2.72. The summed E-state index contributed by atoms with van der Waals surface area (Å²) in [5, 5.41) is 8.16. The van der Waals surface area contributed by atoms with Gasteiger partial charge in [-0.05, 0) is 31.9 Å². The fourth-order valence-corrected chi connectivity index (χ4v) is 4.73. The van der Waals surface area contributed by atoms with E-state index in [1.165, 1.54) is 36.3 Å². The number of carbonyl (C=O) groups excluding carboxylic acids is 1. The molecule has 0 bridgehead atoms. The van der Waals surface area contributed by atoms with Crippen LogP contribution in [0.15, 0.2) is 18.2 Å². The molecule has 1 fully saturated rings. The van der Waals surface area contributed by atoms with Crippen LogP contribution in [0.5, 0.6) is 0 Å². The summed E-state index contributed by atoms with van der Waals surface area (Å²) in [7, 11) is 0. The number of hydrogen-bond acceptors (Lipinski definition) is 3.